The molecule has 0 fully saturated rings. The molecule has 0 saturated carbocycles. The molecule has 1 heterocycles. The Kier molecular flexibility index (Phi) is 4.31. The first kappa shape index (κ1) is 12.5. The quantitative estimate of drug-likeness (QED) is 0.877. The highest BCUT2D eigenvalue weighted by atomic mass is 79.9. The molecule has 0 spiro atoms. The molecular formula is C12H13BrN2O. The number of nitrogens with zero attached hydrogens (tertiary/aromatic N) is 1. The van der Waals surface area contributed by atoms with Crippen molar-refractivity contribution in [2.75, 3.05) is 12.5 Å². The Morgan fingerprint density at radius 2 is 1.81 bits per heavy atom. The molecule has 0 aliphatic carbocycles. The van der Waals surface area contributed by atoms with Crippen LogP contribution in [0.15, 0.2) is 48.7 Å². The van der Waals surface area contributed by atoms with Crippen molar-refractivity contribution in [1.29, 1.82) is 0 Å². The highest BCUT2D eigenvalue weighted by molar-refractivity contribution is 8.93. The molecule has 2 aromatic rings. The summed E-state index contributed by atoms with van der Waals surface area (Å²) >= 11 is 0. The highest BCUT2D eigenvalue weighted by Gasteiger charge is 2.11. The van der Waals surface area contributed by atoms with E-state index in [1.165, 1.54) is 0 Å². The zero-order valence-electron chi connectivity index (χ0n) is 8.88. The smallest absolute Gasteiger partial charge is 0.211 e. The van der Waals surface area contributed by atoms with Crippen molar-refractivity contribution in [2.24, 2.45) is 0 Å². The van der Waals surface area contributed by atoms with Crippen LogP contribution < -0.4 is 5.43 Å². The molecule has 1 N–H and O–H groups in total. The normalized spacial score (nSPS) is 9.31. The maximum absolute atomic E-state index is 12.0. The number of hydrogen-bond donors (Lipinski definition) is 1. The fourth-order valence-electron chi connectivity index (χ4n) is 1.50. The SMILES string of the molecule is Br.CNn1cccc1C(=O)c1ccccc1. The van der Waals surface area contributed by atoms with Gasteiger partial charge in [-0.15, -0.1) is 17.0 Å². The third-order valence-corrected chi connectivity index (χ3v) is 2.26. The predicted molar refractivity (Wildman–Crippen MR) is 69.9 cm³/mol. The van der Waals surface area contributed by atoms with Crippen molar-refractivity contribution in [3.8, 4) is 0 Å². The average molecular weight is 281 g/mol. The van der Waals surface area contributed by atoms with E-state index in [1.807, 2.05) is 42.6 Å². The number of aromatic nitrogens is 1. The van der Waals surface area contributed by atoms with Gasteiger partial charge < -0.3 is 5.43 Å². The predicted octanol–water partition coefficient (Wildman–Crippen LogP) is 2.47. The van der Waals surface area contributed by atoms with Crippen molar-refractivity contribution in [3.63, 3.8) is 0 Å². The monoisotopic (exact) mass is 280 g/mol. The summed E-state index contributed by atoms with van der Waals surface area (Å²) in [5, 5.41) is 0. The lowest BCUT2D eigenvalue weighted by Crippen LogP contribution is -2.15. The van der Waals surface area contributed by atoms with Gasteiger partial charge >= 0.3 is 0 Å². The number of benzene rings is 1. The largest absolute Gasteiger partial charge is 0.329 e. The van der Waals surface area contributed by atoms with Crippen LogP contribution in [0.2, 0.25) is 0 Å². The third-order valence-electron chi connectivity index (χ3n) is 2.26. The van der Waals surface area contributed by atoms with Crippen LogP contribution in [0.4, 0.5) is 0 Å². The number of carbonyl (C=O) groups is 1. The van der Waals surface area contributed by atoms with E-state index in [2.05, 4.69) is 5.43 Å². The zero-order valence-corrected chi connectivity index (χ0v) is 10.6. The third kappa shape index (κ3) is 2.33. The standard InChI is InChI=1S/C12H12N2O.BrH/c1-13-14-9-5-8-11(14)12(15)10-6-3-2-4-7-10;/h2-9,13H,1H3;1H. The second kappa shape index (κ2) is 5.51. The Hall–Kier alpha value is -1.55. The molecule has 3 nitrogen and oxygen atoms in total. The van der Waals surface area contributed by atoms with Crippen molar-refractivity contribution >= 4 is 22.8 Å². The van der Waals surface area contributed by atoms with Crippen LogP contribution in [0.25, 0.3) is 0 Å². The van der Waals surface area contributed by atoms with Gasteiger partial charge in [0.25, 0.3) is 0 Å². The zero-order chi connectivity index (χ0) is 10.7. The van der Waals surface area contributed by atoms with Crippen LogP contribution in [-0.4, -0.2) is 17.5 Å². The van der Waals surface area contributed by atoms with Crippen LogP contribution in [0.1, 0.15) is 16.1 Å². The number of carbonyl (C=O) groups excluding carboxylic acids is 1. The lowest BCUT2D eigenvalue weighted by atomic mass is 10.1. The van der Waals surface area contributed by atoms with Crippen molar-refractivity contribution in [2.45, 2.75) is 0 Å². The summed E-state index contributed by atoms with van der Waals surface area (Å²) in [6.45, 7) is 0. The molecule has 0 atom stereocenters. The first-order chi connectivity index (χ1) is 7.33. The first-order valence-corrected chi connectivity index (χ1v) is 4.78. The summed E-state index contributed by atoms with van der Waals surface area (Å²) in [7, 11) is 1.78. The van der Waals surface area contributed by atoms with Gasteiger partial charge in [0.15, 0.2) is 0 Å². The molecule has 4 heteroatoms. The second-order valence-electron chi connectivity index (χ2n) is 3.18. The number of halogens is 1. The summed E-state index contributed by atoms with van der Waals surface area (Å²) in [5.41, 5.74) is 4.27. The van der Waals surface area contributed by atoms with Gasteiger partial charge in [0.2, 0.25) is 5.78 Å². The first-order valence-electron chi connectivity index (χ1n) is 4.78. The van der Waals surface area contributed by atoms with E-state index < -0.39 is 0 Å². The Balaban J connectivity index is 0.00000128. The minimum absolute atomic E-state index is 0. The van der Waals surface area contributed by atoms with E-state index >= 15 is 0 Å². The lowest BCUT2D eigenvalue weighted by Gasteiger charge is -2.06. The van der Waals surface area contributed by atoms with E-state index in [9.17, 15) is 4.79 Å². The average Bonchev–Trinajstić information content (AvgIpc) is 2.77. The molecule has 1 aromatic carbocycles. The van der Waals surface area contributed by atoms with Crippen LogP contribution in [0.5, 0.6) is 0 Å². The minimum Gasteiger partial charge on any atom is -0.329 e. The van der Waals surface area contributed by atoms with Crippen LogP contribution >= 0.6 is 17.0 Å². The van der Waals surface area contributed by atoms with Crippen molar-refractivity contribution in [3.05, 3.63) is 59.9 Å². The van der Waals surface area contributed by atoms with Crippen LogP contribution in [0.3, 0.4) is 0 Å². The Morgan fingerprint density at radius 1 is 1.12 bits per heavy atom. The maximum Gasteiger partial charge on any atom is 0.211 e. The van der Waals surface area contributed by atoms with Gasteiger partial charge in [-0.1, -0.05) is 30.3 Å². The van der Waals surface area contributed by atoms with Gasteiger partial charge in [0, 0.05) is 18.8 Å². The molecule has 16 heavy (non-hydrogen) atoms. The molecule has 2 rings (SSSR count). The van der Waals surface area contributed by atoms with Gasteiger partial charge in [-0.05, 0) is 12.1 Å². The number of ketones is 1. The molecule has 84 valence electrons. The number of hydrogen-bond acceptors (Lipinski definition) is 2. The molecular weight excluding hydrogens is 268 g/mol. The summed E-state index contributed by atoms with van der Waals surface area (Å²) in [5.74, 6) is 0.0231. The summed E-state index contributed by atoms with van der Waals surface area (Å²) < 4.78 is 1.70. The molecule has 0 saturated heterocycles. The summed E-state index contributed by atoms with van der Waals surface area (Å²) in [6, 6.07) is 12.9. The molecule has 0 unspecified atom stereocenters. The van der Waals surface area contributed by atoms with Gasteiger partial charge in [-0.25, -0.2) is 0 Å². The number of rotatable bonds is 3. The van der Waals surface area contributed by atoms with E-state index in [4.69, 9.17) is 0 Å². The van der Waals surface area contributed by atoms with Gasteiger partial charge in [-0.3, -0.25) is 9.47 Å². The molecule has 0 aliphatic rings. The van der Waals surface area contributed by atoms with Gasteiger partial charge in [0.1, 0.15) is 5.69 Å². The van der Waals surface area contributed by atoms with Gasteiger partial charge in [0.05, 0.1) is 0 Å². The molecule has 0 bridgehead atoms. The fourth-order valence-corrected chi connectivity index (χ4v) is 1.50. The fraction of sp³-hybridized carbons (Fsp3) is 0.0833. The molecule has 0 amide bonds. The summed E-state index contributed by atoms with van der Waals surface area (Å²) in [4.78, 5) is 12.0. The topological polar surface area (TPSA) is 34.0 Å². The van der Waals surface area contributed by atoms with E-state index in [1.54, 1.807) is 17.8 Å². The second-order valence-corrected chi connectivity index (χ2v) is 3.18. The summed E-state index contributed by atoms with van der Waals surface area (Å²) in [6.07, 6.45) is 1.82. The van der Waals surface area contributed by atoms with Crippen molar-refractivity contribution < 1.29 is 4.79 Å². The molecule has 1 aromatic heterocycles. The maximum atomic E-state index is 12.0. The number of nitrogens with one attached hydrogen (secondary N) is 1. The highest BCUT2D eigenvalue weighted by Crippen LogP contribution is 2.09. The Morgan fingerprint density at radius 3 is 2.44 bits per heavy atom. The van der Waals surface area contributed by atoms with E-state index in [0.29, 0.717) is 11.3 Å². The van der Waals surface area contributed by atoms with Crippen LogP contribution in [-0.2, 0) is 0 Å². The Bertz CT molecular complexity index is 465. The minimum atomic E-state index is 0. The van der Waals surface area contributed by atoms with E-state index in [0.717, 1.165) is 0 Å². The lowest BCUT2D eigenvalue weighted by molar-refractivity contribution is 0.103. The molecule has 0 aliphatic heterocycles. The van der Waals surface area contributed by atoms with Gasteiger partial charge in [-0.2, -0.15) is 0 Å². The van der Waals surface area contributed by atoms with Crippen LogP contribution in [0, 0.1) is 0 Å². The Labute approximate surface area is 105 Å². The van der Waals surface area contributed by atoms with E-state index in [-0.39, 0.29) is 22.8 Å². The van der Waals surface area contributed by atoms with Crippen molar-refractivity contribution in [1.82, 2.24) is 4.68 Å². The molecule has 0 radical (unpaired) electrons.